The smallest absolute Gasteiger partial charge is 0.307 e. The zero-order valence-corrected chi connectivity index (χ0v) is 9.93. The molecule has 0 aliphatic carbocycles. The van der Waals surface area contributed by atoms with Crippen LogP contribution >= 0.6 is 0 Å². The molecule has 1 rings (SSSR count). The lowest BCUT2D eigenvalue weighted by molar-refractivity contribution is -0.140. The van der Waals surface area contributed by atoms with Gasteiger partial charge in [-0.2, -0.15) is 0 Å². The number of hydrogen-bond acceptors (Lipinski definition) is 5. The summed E-state index contributed by atoms with van der Waals surface area (Å²) < 4.78 is 4.60. The molecule has 0 radical (unpaired) electrons. The van der Waals surface area contributed by atoms with E-state index in [2.05, 4.69) is 14.7 Å². The molecule has 1 aromatic rings. The first-order valence-electron chi connectivity index (χ1n) is 5.28. The first-order chi connectivity index (χ1) is 7.67. The van der Waals surface area contributed by atoms with Gasteiger partial charge in [-0.3, -0.25) is 4.79 Å². The lowest BCUT2D eigenvalue weighted by Crippen LogP contribution is -2.28. The summed E-state index contributed by atoms with van der Waals surface area (Å²) in [6.07, 6.45) is 2.07. The fraction of sp³-hybridized carbons (Fsp3) is 0.545. The number of carbonyl (C=O) groups is 1. The molecule has 5 heteroatoms. The van der Waals surface area contributed by atoms with Gasteiger partial charge in [0.25, 0.3) is 0 Å². The van der Waals surface area contributed by atoms with Gasteiger partial charge in [0, 0.05) is 25.0 Å². The molecule has 0 bridgehead atoms. The molecule has 88 valence electrons. The van der Waals surface area contributed by atoms with E-state index in [0.717, 1.165) is 12.2 Å². The van der Waals surface area contributed by atoms with Gasteiger partial charge in [-0.05, 0) is 19.9 Å². The van der Waals surface area contributed by atoms with Gasteiger partial charge < -0.3 is 9.64 Å². The van der Waals surface area contributed by atoms with Crippen LogP contribution in [-0.2, 0) is 9.53 Å². The van der Waals surface area contributed by atoms with E-state index in [0.29, 0.717) is 18.9 Å². The van der Waals surface area contributed by atoms with E-state index in [1.807, 2.05) is 24.8 Å². The minimum absolute atomic E-state index is 0.217. The highest BCUT2D eigenvalue weighted by Crippen LogP contribution is 2.07. The summed E-state index contributed by atoms with van der Waals surface area (Å²) in [5, 5.41) is 0. The molecule has 0 N–H and O–H groups in total. The van der Waals surface area contributed by atoms with Gasteiger partial charge in [-0.1, -0.05) is 0 Å². The molecule has 1 aromatic heterocycles. The van der Waals surface area contributed by atoms with Crippen LogP contribution in [0.4, 0.5) is 5.95 Å². The predicted octanol–water partition coefficient (Wildman–Crippen LogP) is 1.17. The van der Waals surface area contributed by atoms with Crippen LogP contribution in [0.2, 0.25) is 0 Å². The number of hydrogen-bond donors (Lipinski definition) is 0. The Bertz CT molecular complexity index is 355. The third-order valence-electron chi connectivity index (χ3n) is 2.26. The number of aromatic nitrogens is 2. The van der Waals surface area contributed by atoms with Crippen molar-refractivity contribution in [3.8, 4) is 0 Å². The molecule has 1 heterocycles. The van der Waals surface area contributed by atoms with Crippen LogP contribution in [0.25, 0.3) is 0 Å². The quantitative estimate of drug-likeness (QED) is 0.701. The Morgan fingerprint density at radius 2 is 2.31 bits per heavy atom. The second-order valence-electron chi connectivity index (χ2n) is 3.40. The maximum atomic E-state index is 11.0. The highest BCUT2D eigenvalue weighted by molar-refractivity contribution is 5.69. The average molecular weight is 223 g/mol. The molecule has 0 atom stereocenters. The van der Waals surface area contributed by atoms with Gasteiger partial charge in [0.1, 0.15) is 0 Å². The Balaban J connectivity index is 2.64. The van der Waals surface area contributed by atoms with Crippen molar-refractivity contribution in [3.63, 3.8) is 0 Å². The maximum absolute atomic E-state index is 11.0. The van der Waals surface area contributed by atoms with E-state index < -0.39 is 0 Å². The van der Waals surface area contributed by atoms with Gasteiger partial charge in [0.2, 0.25) is 5.95 Å². The van der Waals surface area contributed by atoms with E-state index >= 15 is 0 Å². The summed E-state index contributed by atoms with van der Waals surface area (Å²) in [4.78, 5) is 21.5. The molecule has 0 spiro atoms. The highest BCUT2D eigenvalue weighted by atomic mass is 16.5. The van der Waals surface area contributed by atoms with Gasteiger partial charge in [0.15, 0.2) is 0 Å². The van der Waals surface area contributed by atoms with Crippen LogP contribution in [-0.4, -0.2) is 36.1 Å². The van der Waals surface area contributed by atoms with Crippen molar-refractivity contribution in [1.82, 2.24) is 9.97 Å². The monoisotopic (exact) mass is 223 g/mol. The van der Waals surface area contributed by atoms with Crippen molar-refractivity contribution in [2.75, 3.05) is 25.1 Å². The lowest BCUT2D eigenvalue weighted by atomic mass is 10.4. The predicted molar refractivity (Wildman–Crippen MR) is 61.3 cm³/mol. The normalized spacial score (nSPS) is 9.94. The van der Waals surface area contributed by atoms with Crippen molar-refractivity contribution < 1.29 is 9.53 Å². The lowest BCUT2D eigenvalue weighted by Gasteiger charge is -2.19. The van der Waals surface area contributed by atoms with Crippen LogP contribution in [0.1, 0.15) is 19.0 Å². The fourth-order valence-corrected chi connectivity index (χ4v) is 1.32. The van der Waals surface area contributed by atoms with Crippen molar-refractivity contribution in [3.05, 3.63) is 18.0 Å². The van der Waals surface area contributed by atoms with Gasteiger partial charge in [-0.25, -0.2) is 9.97 Å². The molecule has 0 aliphatic rings. The van der Waals surface area contributed by atoms with E-state index in [4.69, 9.17) is 0 Å². The Labute approximate surface area is 95.5 Å². The standard InChI is InChI=1S/C11H17N3O2/c1-4-14(8-6-10(15)16-3)11-12-7-5-9(2)13-11/h5,7H,4,6,8H2,1-3H3. The molecule has 0 aromatic carbocycles. The topological polar surface area (TPSA) is 55.3 Å². The van der Waals surface area contributed by atoms with Crippen LogP contribution in [0.5, 0.6) is 0 Å². The summed E-state index contributed by atoms with van der Waals surface area (Å²) in [5.74, 6) is 0.442. The molecule has 0 fully saturated rings. The van der Waals surface area contributed by atoms with E-state index in [9.17, 15) is 4.79 Å². The first kappa shape index (κ1) is 12.4. The average Bonchev–Trinajstić information content (AvgIpc) is 2.29. The minimum Gasteiger partial charge on any atom is -0.469 e. The molecule has 0 saturated carbocycles. The van der Waals surface area contributed by atoms with Crippen molar-refractivity contribution in [1.29, 1.82) is 0 Å². The van der Waals surface area contributed by atoms with Crippen LogP contribution in [0.15, 0.2) is 12.3 Å². The van der Waals surface area contributed by atoms with Gasteiger partial charge >= 0.3 is 5.97 Å². The van der Waals surface area contributed by atoms with Crippen molar-refractivity contribution >= 4 is 11.9 Å². The van der Waals surface area contributed by atoms with Gasteiger partial charge in [0.05, 0.1) is 13.5 Å². The second kappa shape index (κ2) is 6.05. The molecule has 0 aliphatic heterocycles. The summed E-state index contributed by atoms with van der Waals surface area (Å²) in [6, 6.07) is 1.84. The number of nitrogens with zero attached hydrogens (tertiary/aromatic N) is 3. The Morgan fingerprint density at radius 1 is 1.56 bits per heavy atom. The molecule has 5 nitrogen and oxygen atoms in total. The number of aryl methyl sites for hydroxylation is 1. The number of carbonyl (C=O) groups excluding carboxylic acids is 1. The largest absolute Gasteiger partial charge is 0.469 e. The van der Waals surface area contributed by atoms with Crippen LogP contribution in [0.3, 0.4) is 0 Å². The fourth-order valence-electron chi connectivity index (χ4n) is 1.32. The Morgan fingerprint density at radius 3 is 2.88 bits per heavy atom. The summed E-state index contributed by atoms with van der Waals surface area (Å²) in [5.41, 5.74) is 0.918. The molecular formula is C11H17N3O2. The number of methoxy groups -OCH3 is 1. The van der Waals surface area contributed by atoms with E-state index in [1.54, 1.807) is 6.20 Å². The zero-order valence-electron chi connectivity index (χ0n) is 9.93. The summed E-state index contributed by atoms with van der Waals surface area (Å²) in [6.45, 7) is 5.26. The highest BCUT2D eigenvalue weighted by Gasteiger charge is 2.09. The van der Waals surface area contributed by atoms with Gasteiger partial charge in [-0.15, -0.1) is 0 Å². The Hall–Kier alpha value is -1.65. The van der Waals surface area contributed by atoms with E-state index in [1.165, 1.54) is 7.11 Å². The second-order valence-corrected chi connectivity index (χ2v) is 3.40. The van der Waals surface area contributed by atoms with Crippen LogP contribution in [0, 0.1) is 6.92 Å². The van der Waals surface area contributed by atoms with Crippen molar-refractivity contribution in [2.45, 2.75) is 20.3 Å². The Kier molecular flexibility index (Phi) is 4.69. The SMILES string of the molecule is CCN(CCC(=O)OC)c1nccc(C)n1. The maximum Gasteiger partial charge on any atom is 0.307 e. The number of rotatable bonds is 5. The number of anilines is 1. The number of ether oxygens (including phenoxy) is 1. The zero-order chi connectivity index (χ0) is 12.0. The molecule has 16 heavy (non-hydrogen) atoms. The molecule has 0 amide bonds. The first-order valence-corrected chi connectivity index (χ1v) is 5.28. The molecular weight excluding hydrogens is 206 g/mol. The molecule has 0 unspecified atom stereocenters. The molecule has 0 saturated heterocycles. The summed E-state index contributed by atoms with van der Waals surface area (Å²) in [7, 11) is 1.39. The minimum atomic E-state index is -0.217. The number of esters is 1. The summed E-state index contributed by atoms with van der Waals surface area (Å²) >= 11 is 0. The van der Waals surface area contributed by atoms with Crippen LogP contribution < -0.4 is 4.90 Å². The third kappa shape index (κ3) is 3.49. The third-order valence-corrected chi connectivity index (χ3v) is 2.26. The van der Waals surface area contributed by atoms with Crippen molar-refractivity contribution in [2.24, 2.45) is 0 Å². The van der Waals surface area contributed by atoms with E-state index in [-0.39, 0.29) is 5.97 Å².